The van der Waals surface area contributed by atoms with E-state index in [0.717, 1.165) is 4.90 Å². The van der Waals surface area contributed by atoms with E-state index in [2.05, 4.69) is 0 Å². The number of hydrogen-bond donors (Lipinski definition) is 1. The minimum atomic E-state index is -4.50. The summed E-state index contributed by atoms with van der Waals surface area (Å²) in [6.07, 6.45) is -5.35. The van der Waals surface area contributed by atoms with Gasteiger partial charge in [-0.3, -0.25) is 14.5 Å². The molecule has 0 heterocycles. The highest BCUT2D eigenvalue weighted by Crippen LogP contribution is 2.26. The van der Waals surface area contributed by atoms with Crippen LogP contribution in [0.15, 0.2) is 18.2 Å². The number of carbonyl (C=O) groups is 2. The van der Waals surface area contributed by atoms with Gasteiger partial charge in [0, 0.05) is 6.54 Å². The molecule has 2 unspecified atom stereocenters. The number of nitrogens with zero attached hydrogens (tertiary/aromatic N) is 1. The third kappa shape index (κ3) is 9.86. The van der Waals surface area contributed by atoms with Crippen molar-refractivity contribution in [3.05, 3.63) is 29.3 Å². The molecule has 32 heavy (non-hydrogen) atoms. The molecule has 2 atom stereocenters. The molecule has 10 heteroatoms. The predicted molar refractivity (Wildman–Crippen MR) is 111 cm³/mol. The summed E-state index contributed by atoms with van der Waals surface area (Å²) in [4.78, 5) is 24.9. The van der Waals surface area contributed by atoms with Crippen LogP contribution in [0.5, 0.6) is 5.75 Å². The molecule has 0 spiro atoms. The van der Waals surface area contributed by atoms with Gasteiger partial charge in [0.15, 0.2) is 0 Å². The van der Waals surface area contributed by atoms with E-state index in [4.69, 9.17) is 14.2 Å². The average molecular weight is 463 g/mol. The number of aliphatic hydroxyl groups is 1. The van der Waals surface area contributed by atoms with Gasteiger partial charge in [-0.2, -0.15) is 13.2 Å². The number of alkyl halides is 3. The van der Waals surface area contributed by atoms with Crippen LogP contribution in [0.1, 0.15) is 38.8 Å². The van der Waals surface area contributed by atoms with E-state index in [9.17, 15) is 27.9 Å². The summed E-state index contributed by atoms with van der Waals surface area (Å²) in [6, 6.07) is 4.75. The van der Waals surface area contributed by atoms with E-state index >= 15 is 0 Å². The number of halogens is 3. The van der Waals surface area contributed by atoms with Crippen molar-refractivity contribution in [3.8, 4) is 5.75 Å². The van der Waals surface area contributed by atoms with E-state index in [0.29, 0.717) is 16.9 Å². The number of esters is 2. The molecule has 0 radical (unpaired) electrons. The van der Waals surface area contributed by atoms with Crippen LogP contribution in [0.25, 0.3) is 0 Å². The molecular formula is C22H32F3NO6. The average Bonchev–Trinajstić information content (AvgIpc) is 2.62. The molecule has 0 bridgehead atoms. The highest BCUT2D eigenvalue weighted by Gasteiger charge is 2.33. The van der Waals surface area contributed by atoms with Crippen LogP contribution >= 0.6 is 0 Å². The maximum atomic E-state index is 13.0. The zero-order valence-corrected chi connectivity index (χ0v) is 19.3. The minimum Gasteiger partial charge on any atom is -0.496 e. The molecule has 7 nitrogen and oxygen atoms in total. The number of carbonyl (C=O) groups excluding carboxylic acids is 2. The quantitative estimate of drug-likeness (QED) is 0.534. The van der Waals surface area contributed by atoms with Crippen molar-refractivity contribution >= 4 is 11.9 Å². The number of ether oxygens (including phenoxy) is 3. The Balaban J connectivity index is 3.07. The Morgan fingerprint density at radius 2 is 1.78 bits per heavy atom. The molecule has 0 saturated heterocycles. The topological polar surface area (TPSA) is 85.3 Å². The van der Waals surface area contributed by atoms with Crippen molar-refractivity contribution in [1.29, 1.82) is 0 Å². The molecule has 0 aliphatic rings. The maximum absolute atomic E-state index is 13.0. The first-order chi connectivity index (χ1) is 14.6. The van der Waals surface area contributed by atoms with Crippen molar-refractivity contribution < 1.29 is 42.1 Å². The van der Waals surface area contributed by atoms with Gasteiger partial charge in [0.1, 0.15) is 11.4 Å². The number of methoxy groups -OCH3 is 2. The lowest BCUT2D eigenvalue weighted by atomic mass is 9.93. The largest absolute Gasteiger partial charge is 0.496 e. The van der Waals surface area contributed by atoms with Crippen LogP contribution in [0.2, 0.25) is 0 Å². The van der Waals surface area contributed by atoms with Crippen LogP contribution < -0.4 is 4.74 Å². The van der Waals surface area contributed by atoms with E-state index < -0.39 is 48.8 Å². The minimum absolute atomic E-state index is 0.123. The molecule has 1 rings (SSSR count). The number of benzene rings is 1. The Kier molecular flexibility index (Phi) is 9.96. The maximum Gasteiger partial charge on any atom is 0.401 e. The molecule has 182 valence electrons. The van der Waals surface area contributed by atoms with Gasteiger partial charge in [-0.05, 0) is 51.3 Å². The summed E-state index contributed by atoms with van der Waals surface area (Å²) >= 11 is 0. The van der Waals surface area contributed by atoms with Crippen LogP contribution in [-0.4, -0.2) is 67.1 Å². The van der Waals surface area contributed by atoms with Crippen molar-refractivity contribution in [2.75, 3.05) is 27.3 Å². The van der Waals surface area contributed by atoms with Crippen molar-refractivity contribution in [2.45, 2.75) is 58.5 Å². The Bertz CT molecular complexity index is 774. The highest BCUT2D eigenvalue weighted by atomic mass is 19.4. The summed E-state index contributed by atoms with van der Waals surface area (Å²) in [5.74, 6) is -1.82. The second kappa shape index (κ2) is 11.5. The van der Waals surface area contributed by atoms with Gasteiger partial charge in [0.2, 0.25) is 0 Å². The molecule has 1 N–H and O–H groups in total. The van der Waals surface area contributed by atoms with E-state index in [1.165, 1.54) is 21.1 Å². The molecule has 1 aromatic rings. The van der Waals surface area contributed by atoms with Crippen molar-refractivity contribution in [3.63, 3.8) is 0 Å². The smallest absolute Gasteiger partial charge is 0.401 e. The fraction of sp³-hybridized carbons (Fsp3) is 0.636. The van der Waals surface area contributed by atoms with Gasteiger partial charge < -0.3 is 19.3 Å². The van der Waals surface area contributed by atoms with Crippen LogP contribution in [0.3, 0.4) is 0 Å². The Labute approximate surface area is 186 Å². The van der Waals surface area contributed by atoms with Crippen LogP contribution in [0.4, 0.5) is 13.2 Å². The van der Waals surface area contributed by atoms with Gasteiger partial charge in [-0.1, -0.05) is 12.1 Å². The first kappa shape index (κ1) is 27.7. The lowest BCUT2D eigenvalue weighted by molar-refractivity contribution is -0.165. The lowest BCUT2D eigenvalue weighted by Crippen LogP contribution is -2.39. The second-order valence-corrected chi connectivity index (χ2v) is 8.57. The summed E-state index contributed by atoms with van der Waals surface area (Å²) in [7, 11) is 2.62. The molecule has 0 saturated carbocycles. The summed E-state index contributed by atoms with van der Waals surface area (Å²) in [5.41, 5.74) is 0.249. The number of rotatable bonds is 10. The van der Waals surface area contributed by atoms with Gasteiger partial charge in [-0.15, -0.1) is 0 Å². The van der Waals surface area contributed by atoms with Crippen LogP contribution in [0, 0.1) is 5.92 Å². The molecule has 0 fully saturated rings. The zero-order valence-electron chi connectivity index (χ0n) is 19.3. The van der Waals surface area contributed by atoms with Gasteiger partial charge in [-0.25, -0.2) is 0 Å². The van der Waals surface area contributed by atoms with E-state index in [-0.39, 0.29) is 13.0 Å². The van der Waals surface area contributed by atoms with Crippen LogP contribution in [-0.2, 0) is 32.0 Å². The molecular weight excluding hydrogens is 431 g/mol. The zero-order chi connectivity index (χ0) is 24.7. The molecule has 0 aliphatic carbocycles. The highest BCUT2D eigenvalue weighted by molar-refractivity contribution is 5.73. The number of hydrogen-bond acceptors (Lipinski definition) is 7. The third-order valence-corrected chi connectivity index (χ3v) is 4.46. The van der Waals surface area contributed by atoms with Crippen molar-refractivity contribution in [1.82, 2.24) is 4.90 Å². The van der Waals surface area contributed by atoms with Gasteiger partial charge in [0.05, 0.1) is 39.3 Å². The van der Waals surface area contributed by atoms with Gasteiger partial charge >= 0.3 is 18.1 Å². The Morgan fingerprint density at radius 1 is 1.16 bits per heavy atom. The summed E-state index contributed by atoms with van der Waals surface area (Å²) in [6.45, 7) is 4.38. The summed E-state index contributed by atoms with van der Waals surface area (Å²) < 4.78 is 54.3. The first-order valence-corrected chi connectivity index (χ1v) is 10.1. The van der Waals surface area contributed by atoms with Crippen molar-refractivity contribution in [2.24, 2.45) is 5.92 Å². The normalized spacial score (nSPS) is 14.1. The first-order valence-electron chi connectivity index (χ1n) is 10.1. The number of aliphatic hydroxyl groups excluding tert-OH is 1. The third-order valence-electron chi connectivity index (χ3n) is 4.46. The standard InChI is InChI=1S/C22H32F3NO6/c1-14(27)17(20(29)31-6)10-16-8-7-15(9-18(16)30-5)11-26(13-22(23,24)25)12-19(28)32-21(2,3)4/h7-9,14,17,27H,10-13H2,1-6H3. The monoisotopic (exact) mass is 463 g/mol. The molecule has 0 amide bonds. The van der Waals surface area contributed by atoms with Gasteiger partial charge in [0.25, 0.3) is 0 Å². The molecule has 0 aromatic heterocycles. The van der Waals surface area contributed by atoms with E-state index in [1.807, 2.05) is 0 Å². The SMILES string of the molecule is COC(=O)C(Cc1ccc(CN(CC(=O)OC(C)(C)C)CC(F)(F)F)cc1OC)C(C)O. The fourth-order valence-corrected chi connectivity index (χ4v) is 3.13. The molecule has 0 aliphatic heterocycles. The predicted octanol–water partition coefficient (Wildman–Crippen LogP) is 3.11. The fourth-order valence-electron chi connectivity index (χ4n) is 3.13. The van der Waals surface area contributed by atoms with E-state index in [1.54, 1.807) is 39.0 Å². The summed E-state index contributed by atoms with van der Waals surface area (Å²) in [5, 5.41) is 9.89. The second-order valence-electron chi connectivity index (χ2n) is 8.57. The lowest BCUT2D eigenvalue weighted by Gasteiger charge is -2.26. The Morgan fingerprint density at radius 3 is 2.25 bits per heavy atom. The Hall–Kier alpha value is -2.33. The molecule has 1 aromatic carbocycles.